The van der Waals surface area contributed by atoms with Gasteiger partial charge < -0.3 is 31.2 Å². The van der Waals surface area contributed by atoms with Crippen LogP contribution in [0.15, 0.2) is 109 Å². The summed E-state index contributed by atoms with van der Waals surface area (Å²) >= 11 is 0. The van der Waals surface area contributed by atoms with Crippen LogP contribution in [0, 0.1) is 0 Å². The SMILES string of the molecule is CCOc1ccc(C[C@H](CN[C@H](CNCc2ccc(CCC(C)(C)OC(N)=O)cc2)Cc2ccccc2)NC(=O)c2ccccc2)cc1. The molecule has 0 fully saturated rings. The molecule has 0 saturated carbocycles. The molecule has 254 valence electrons. The van der Waals surface area contributed by atoms with E-state index in [1.165, 1.54) is 16.7 Å². The van der Waals surface area contributed by atoms with Crippen LogP contribution in [-0.2, 0) is 30.5 Å². The predicted octanol–water partition coefficient (Wildman–Crippen LogP) is 6.22. The van der Waals surface area contributed by atoms with Gasteiger partial charge in [-0.1, -0.05) is 84.9 Å². The standard InChI is InChI=1S/C40H50N4O4/c1-4-47-37-21-19-32(20-22-37)26-36(44-38(45)34-13-9-6-10-14-34)29-43-35(25-31-11-7-5-8-12-31)28-42-27-33-17-15-30(16-18-33)23-24-40(2,3)48-39(41)46/h5-22,35-36,42-43H,4,23-29H2,1-3H3,(H2,41,46)(H,44,45)/t35-,36+/m0/s1. The maximum atomic E-state index is 13.2. The van der Waals surface area contributed by atoms with Crippen molar-refractivity contribution >= 4 is 12.0 Å². The van der Waals surface area contributed by atoms with E-state index in [1.807, 2.05) is 69.3 Å². The van der Waals surface area contributed by atoms with Crippen LogP contribution in [0.2, 0.25) is 0 Å². The van der Waals surface area contributed by atoms with E-state index in [1.54, 1.807) is 0 Å². The quantitative estimate of drug-likeness (QED) is 0.0958. The zero-order valence-corrected chi connectivity index (χ0v) is 28.4. The minimum Gasteiger partial charge on any atom is -0.494 e. The molecule has 0 unspecified atom stereocenters. The average Bonchev–Trinajstić information content (AvgIpc) is 3.08. The molecule has 4 aromatic carbocycles. The van der Waals surface area contributed by atoms with Crippen molar-refractivity contribution in [2.24, 2.45) is 5.73 Å². The van der Waals surface area contributed by atoms with Gasteiger partial charge >= 0.3 is 6.09 Å². The number of carbonyl (C=O) groups is 2. The Balaban J connectivity index is 1.38. The van der Waals surface area contributed by atoms with Gasteiger partial charge in [-0.05, 0) is 93.0 Å². The second-order valence-corrected chi connectivity index (χ2v) is 12.7. The molecule has 48 heavy (non-hydrogen) atoms. The molecule has 5 N–H and O–H groups in total. The van der Waals surface area contributed by atoms with Crippen molar-refractivity contribution in [2.75, 3.05) is 19.7 Å². The third-order valence-electron chi connectivity index (χ3n) is 8.20. The molecule has 4 rings (SSSR count). The van der Waals surface area contributed by atoms with Crippen LogP contribution in [0.3, 0.4) is 0 Å². The summed E-state index contributed by atoms with van der Waals surface area (Å²) in [5, 5.41) is 10.7. The number of hydrogen-bond donors (Lipinski definition) is 4. The molecule has 0 radical (unpaired) electrons. The van der Waals surface area contributed by atoms with E-state index in [2.05, 4.69) is 76.6 Å². The number of rotatable bonds is 19. The predicted molar refractivity (Wildman–Crippen MR) is 192 cm³/mol. The summed E-state index contributed by atoms with van der Waals surface area (Å²) in [5.74, 6) is 0.755. The topological polar surface area (TPSA) is 115 Å². The molecule has 0 heterocycles. The number of aryl methyl sites for hydroxylation is 1. The Morgan fingerprint density at radius 3 is 1.96 bits per heavy atom. The molecule has 0 aliphatic heterocycles. The molecule has 8 nitrogen and oxygen atoms in total. The Bertz CT molecular complexity index is 1530. The van der Waals surface area contributed by atoms with Crippen LogP contribution in [0.4, 0.5) is 4.79 Å². The lowest BCUT2D eigenvalue weighted by Crippen LogP contribution is -2.49. The average molecular weight is 651 g/mol. The van der Waals surface area contributed by atoms with E-state index in [4.69, 9.17) is 15.2 Å². The van der Waals surface area contributed by atoms with Gasteiger partial charge in [0.05, 0.1) is 6.61 Å². The highest BCUT2D eigenvalue weighted by molar-refractivity contribution is 5.94. The first kappa shape index (κ1) is 36.2. The molecule has 2 amide bonds. The molecule has 0 aliphatic rings. The third-order valence-corrected chi connectivity index (χ3v) is 8.20. The summed E-state index contributed by atoms with van der Waals surface area (Å²) in [6.07, 6.45) is 2.25. The summed E-state index contributed by atoms with van der Waals surface area (Å²) in [7, 11) is 0. The van der Waals surface area contributed by atoms with Crippen molar-refractivity contribution in [2.45, 2.75) is 70.7 Å². The van der Waals surface area contributed by atoms with Crippen LogP contribution < -0.4 is 26.4 Å². The first-order valence-corrected chi connectivity index (χ1v) is 16.8. The van der Waals surface area contributed by atoms with E-state index < -0.39 is 11.7 Å². The van der Waals surface area contributed by atoms with Gasteiger partial charge in [-0.25, -0.2) is 4.79 Å². The number of benzene rings is 4. The minimum atomic E-state index is -0.749. The van der Waals surface area contributed by atoms with Gasteiger partial charge in [0.1, 0.15) is 11.4 Å². The maximum absolute atomic E-state index is 13.2. The molecule has 2 atom stereocenters. The molecular formula is C40H50N4O4. The van der Waals surface area contributed by atoms with Gasteiger partial charge in [-0.3, -0.25) is 4.79 Å². The molecule has 0 aliphatic carbocycles. The van der Waals surface area contributed by atoms with Gasteiger partial charge in [0.25, 0.3) is 5.91 Å². The van der Waals surface area contributed by atoms with E-state index in [0.717, 1.165) is 37.2 Å². The highest BCUT2D eigenvalue weighted by Crippen LogP contribution is 2.19. The van der Waals surface area contributed by atoms with Gasteiger partial charge in [0.2, 0.25) is 0 Å². The van der Waals surface area contributed by atoms with Crippen LogP contribution in [0.1, 0.15) is 59.8 Å². The zero-order chi connectivity index (χ0) is 34.2. The van der Waals surface area contributed by atoms with Crippen LogP contribution in [0.25, 0.3) is 0 Å². The monoisotopic (exact) mass is 650 g/mol. The van der Waals surface area contributed by atoms with Crippen molar-refractivity contribution in [1.82, 2.24) is 16.0 Å². The van der Waals surface area contributed by atoms with Crippen molar-refractivity contribution in [3.05, 3.63) is 137 Å². The molecule has 0 saturated heterocycles. The highest BCUT2D eigenvalue weighted by Gasteiger charge is 2.21. The normalized spacial score (nSPS) is 12.6. The van der Waals surface area contributed by atoms with Crippen LogP contribution >= 0.6 is 0 Å². The van der Waals surface area contributed by atoms with Gasteiger partial charge in [0.15, 0.2) is 0 Å². The number of primary amides is 1. The second-order valence-electron chi connectivity index (χ2n) is 12.7. The Kier molecular flexibility index (Phi) is 14.0. The second kappa shape index (κ2) is 18.6. The van der Waals surface area contributed by atoms with E-state index in [0.29, 0.717) is 31.6 Å². The number of ether oxygens (including phenoxy) is 2. The maximum Gasteiger partial charge on any atom is 0.405 e. The fourth-order valence-electron chi connectivity index (χ4n) is 5.61. The van der Waals surface area contributed by atoms with Crippen LogP contribution in [-0.4, -0.2) is 49.4 Å². The number of nitrogens with two attached hydrogens (primary N) is 1. The Hall–Kier alpha value is -4.66. The lowest BCUT2D eigenvalue weighted by Gasteiger charge is -2.25. The van der Waals surface area contributed by atoms with Crippen LogP contribution in [0.5, 0.6) is 5.75 Å². The fraction of sp³-hybridized carbons (Fsp3) is 0.350. The van der Waals surface area contributed by atoms with Crippen molar-refractivity contribution in [3.63, 3.8) is 0 Å². The molecular weight excluding hydrogens is 600 g/mol. The number of hydrogen-bond acceptors (Lipinski definition) is 6. The van der Waals surface area contributed by atoms with Crippen molar-refractivity contribution in [1.29, 1.82) is 0 Å². The first-order valence-electron chi connectivity index (χ1n) is 16.8. The zero-order valence-electron chi connectivity index (χ0n) is 28.4. The van der Waals surface area contributed by atoms with Gasteiger partial charge in [0, 0.05) is 37.3 Å². The molecule has 0 spiro atoms. The van der Waals surface area contributed by atoms with Gasteiger partial charge in [-0.15, -0.1) is 0 Å². The van der Waals surface area contributed by atoms with Gasteiger partial charge in [-0.2, -0.15) is 0 Å². The Labute approximate surface area is 285 Å². The van der Waals surface area contributed by atoms with E-state index in [-0.39, 0.29) is 18.0 Å². The Morgan fingerprint density at radius 1 is 0.729 bits per heavy atom. The van der Waals surface area contributed by atoms with E-state index in [9.17, 15) is 9.59 Å². The molecule has 4 aromatic rings. The number of amides is 2. The molecule has 8 heteroatoms. The summed E-state index contributed by atoms with van der Waals surface area (Å²) in [4.78, 5) is 24.4. The Morgan fingerprint density at radius 2 is 1.31 bits per heavy atom. The smallest absolute Gasteiger partial charge is 0.405 e. The number of nitrogens with one attached hydrogen (secondary N) is 3. The van der Waals surface area contributed by atoms with E-state index >= 15 is 0 Å². The molecule has 0 aromatic heterocycles. The number of carbonyl (C=O) groups excluding carboxylic acids is 2. The lowest BCUT2D eigenvalue weighted by atomic mass is 9.98. The summed E-state index contributed by atoms with van der Waals surface area (Å²) in [6.45, 7) is 8.41. The van der Waals surface area contributed by atoms with Crippen molar-refractivity contribution in [3.8, 4) is 5.75 Å². The highest BCUT2D eigenvalue weighted by atomic mass is 16.6. The summed E-state index contributed by atoms with van der Waals surface area (Å²) < 4.78 is 10.8. The summed E-state index contributed by atoms with van der Waals surface area (Å²) in [5.41, 5.74) is 9.99. The summed E-state index contributed by atoms with van der Waals surface area (Å²) in [6, 6.07) is 36.4. The largest absolute Gasteiger partial charge is 0.494 e. The third kappa shape index (κ3) is 12.9. The molecule has 0 bridgehead atoms. The lowest BCUT2D eigenvalue weighted by molar-refractivity contribution is 0.0394. The first-order chi connectivity index (χ1) is 23.2. The van der Waals surface area contributed by atoms with Crippen molar-refractivity contribution < 1.29 is 19.1 Å². The minimum absolute atomic E-state index is 0.0847. The fourth-order valence-corrected chi connectivity index (χ4v) is 5.61.